The molecule has 0 bridgehead atoms. The fourth-order valence-corrected chi connectivity index (χ4v) is 1.83. The Labute approximate surface area is 87.2 Å². The first kappa shape index (κ1) is 9.98. The van der Waals surface area contributed by atoms with Crippen LogP contribution in [-0.2, 0) is 13.0 Å². The van der Waals surface area contributed by atoms with Crippen molar-refractivity contribution in [1.82, 2.24) is 4.74 Å². The van der Waals surface area contributed by atoms with Crippen LogP contribution in [0.5, 0.6) is 0 Å². The highest BCUT2D eigenvalue weighted by atomic mass is 16.5. The molecule has 1 heterocycles. The number of benzene rings is 1. The van der Waals surface area contributed by atoms with E-state index in [0.717, 1.165) is 17.5 Å². The van der Waals surface area contributed by atoms with Crippen molar-refractivity contribution in [2.75, 3.05) is 6.54 Å². The average molecular weight is 206 g/mol. The van der Waals surface area contributed by atoms with Gasteiger partial charge in [0.1, 0.15) is 0 Å². The molecule has 0 spiro atoms. The van der Waals surface area contributed by atoms with Crippen LogP contribution in [0, 0.1) is 0 Å². The van der Waals surface area contributed by atoms with E-state index in [1.807, 2.05) is 19.1 Å². The molecule has 0 aliphatic rings. The van der Waals surface area contributed by atoms with Crippen LogP contribution >= 0.6 is 0 Å². The Morgan fingerprint density at radius 3 is 2.93 bits per heavy atom. The minimum Gasteiger partial charge on any atom is -0.335 e. The first-order valence-corrected chi connectivity index (χ1v) is 5.09. The summed E-state index contributed by atoms with van der Waals surface area (Å²) in [6, 6.07) is 5.63. The number of nitrogens with two attached hydrogens (primary N) is 1. The molecule has 0 unspecified atom stereocenters. The fraction of sp³-hybridized carbons (Fsp3) is 0.364. The van der Waals surface area contributed by atoms with Crippen molar-refractivity contribution in [1.29, 1.82) is 0 Å². The maximum absolute atomic E-state index is 11.5. The molecule has 1 aromatic heterocycles. The number of aromatic nitrogens is 1. The van der Waals surface area contributed by atoms with Crippen molar-refractivity contribution in [3.8, 4) is 0 Å². The molecule has 0 radical (unpaired) electrons. The van der Waals surface area contributed by atoms with Crippen molar-refractivity contribution >= 4 is 10.9 Å². The quantitative estimate of drug-likeness (QED) is 0.818. The predicted molar refractivity (Wildman–Crippen MR) is 58.9 cm³/mol. The van der Waals surface area contributed by atoms with Crippen LogP contribution < -0.4 is 11.4 Å². The average Bonchev–Trinajstić information content (AvgIpc) is 2.58. The lowest BCUT2D eigenvalue weighted by Crippen LogP contribution is -2.04. The van der Waals surface area contributed by atoms with Crippen LogP contribution in [0.15, 0.2) is 27.5 Å². The summed E-state index contributed by atoms with van der Waals surface area (Å²) < 4.78 is 6.75. The number of hydrogen-bond acceptors (Lipinski definition) is 3. The van der Waals surface area contributed by atoms with E-state index in [0.29, 0.717) is 18.5 Å². The highest BCUT2D eigenvalue weighted by Crippen LogP contribution is 2.17. The van der Waals surface area contributed by atoms with Crippen molar-refractivity contribution in [3.05, 3.63) is 34.2 Å². The van der Waals surface area contributed by atoms with E-state index < -0.39 is 0 Å². The van der Waals surface area contributed by atoms with E-state index in [-0.39, 0.29) is 5.63 Å². The van der Waals surface area contributed by atoms with Gasteiger partial charge in [-0.15, -0.1) is 0 Å². The van der Waals surface area contributed by atoms with E-state index in [4.69, 9.17) is 10.3 Å². The normalized spacial score (nSPS) is 11.1. The monoisotopic (exact) mass is 206 g/mol. The predicted octanol–water partition coefficient (Wildman–Crippen LogP) is 1.12. The van der Waals surface area contributed by atoms with Gasteiger partial charge in [-0.05, 0) is 31.5 Å². The maximum atomic E-state index is 11.5. The molecule has 0 saturated heterocycles. The zero-order valence-electron chi connectivity index (χ0n) is 8.69. The summed E-state index contributed by atoms with van der Waals surface area (Å²) in [7, 11) is 0. The third kappa shape index (κ3) is 1.57. The third-order valence-electron chi connectivity index (χ3n) is 2.48. The second-order valence-corrected chi connectivity index (χ2v) is 3.43. The summed E-state index contributed by atoms with van der Waals surface area (Å²) in [4.78, 5) is 11.5. The van der Waals surface area contributed by atoms with Gasteiger partial charge in [-0.25, -0.2) is 9.53 Å². The maximum Gasteiger partial charge on any atom is 0.365 e. The van der Waals surface area contributed by atoms with Gasteiger partial charge in [0, 0.05) is 0 Å². The Balaban J connectivity index is 2.76. The number of fused-ring (bicyclic) bond motifs is 1. The summed E-state index contributed by atoms with van der Waals surface area (Å²) in [6.07, 6.45) is 0.760. The minimum absolute atomic E-state index is 0.272. The fourth-order valence-electron chi connectivity index (χ4n) is 1.83. The number of para-hydroxylation sites is 1. The zero-order valence-corrected chi connectivity index (χ0v) is 8.69. The molecule has 1 aromatic carbocycles. The van der Waals surface area contributed by atoms with E-state index in [1.54, 1.807) is 10.8 Å². The van der Waals surface area contributed by atoms with Crippen LogP contribution in [0.25, 0.3) is 10.9 Å². The van der Waals surface area contributed by atoms with Gasteiger partial charge in [0.15, 0.2) is 0 Å². The van der Waals surface area contributed by atoms with E-state index in [2.05, 4.69) is 0 Å². The smallest absolute Gasteiger partial charge is 0.335 e. The summed E-state index contributed by atoms with van der Waals surface area (Å²) in [6.45, 7) is 3.17. The van der Waals surface area contributed by atoms with Crippen LogP contribution in [0.4, 0.5) is 0 Å². The second kappa shape index (κ2) is 3.90. The van der Waals surface area contributed by atoms with Gasteiger partial charge in [0.2, 0.25) is 0 Å². The molecule has 2 rings (SSSR count). The Kier molecular flexibility index (Phi) is 2.60. The lowest BCUT2D eigenvalue weighted by Gasteiger charge is -2.03. The van der Waals surface area contributed by atoms with E-state index in [1.165, 1.54) is 0 Å². The highest BCUT2D eigenvalue weighted by Gasteiger charge is 2.10. The molecule has 4 heteroatoms. The van der Waals surface area contributed by atoms with Gasteiger partial charge in [-0.3, -0.25) is 0 Å². The number of rotatable bonds is 3. The Bertz CT molecular complexity index is 525. The molecule has 0 aliphatic heterocycles. The summed E-state index contributed by atoms with van der Waals surface area (Å²) in [5.74, 6) is 0. The van der Waals surface area contributed by atoms with Gasteiger partial charge in [-0.1, -0.05) is 12.1 Å². The summed E-state index contributed by atoms with van der Waals surface area (Å²) in [5, 5.41) is 0.641. The topological polar surface area (TPSA) is 61.2 Å². The zero-order chi connectivity index (χ0) is 10.8. The Hall–Kier alpha value is -1.55. The van der Waals surface area contributed by atoms with E-state index in [9.17, 15) is 4.79 Å². The minimum atomic E-state index is -0.272. The van der Waals surface area contributed by atoms with E-state index >= 15 is 0 Å². The lowest BCUT2D eigenvalue weighted by atomic mass is 10.1. The van der Waals surface area contributed by atoms with Crippen molar-refractivity contribution < 1.29 is 4.52 Å². The molecule has 0 saturated carbocycles. The number of nitrogens with zero attached hydrogens (tertiary/aromatic N) is 1. The largest absolute Gasteiger partial charge is 0.365 e. The van der Waals surface area contributed by atoms with Gasteiger partial charge in [-0.2, -0.15) is 0 Å². The number of aryl methyl sites for hydroxylation is 1. The van der Waals surface area contributed by atoms with Gasteiger partial charge in [0.25, 0.3) is 0 Å². The SMILES string of the molecule is CCn1oc(=O)c2cccc(CCN)c21. The molecular formula is C11H14N2O2. The van der Waals surface area contributed by atoms with Crippen LogP contribution in [0.2, 0.25) is 0 Å². The molecule has 2 aromatic rings. The molecule has 0 fully saturated rings. The number of hydrogen-bond donors (Lipinski definition) is 1. The standard InChI is InChI=1S/C11H14N2O2/c1-2-13-10-8(6-7-12)4-3-5-9(10)11(14)15-13/h3-5H,2,6-7,12H2,1H3. The molecule has 80 valence electrons. The molecule has 2 N–H and O–H groups in total. The van der Waals surface area contributed by atoms with Crippen molar-refractivity contribution in [2.24, 2.45) is 5.73 Å². The second-order valence-electron chi connectivity index (χ2n) is 3.43. The van der Waals surface area contributed by atoms with Crippen molar-refractivity contribution in [3.63, 3.8) is 0 Å². The summed E-state index contributed by atoms with van der Waals surface area (Å²) in [5.41, 5.74) is 7.22. The lowest BCUT2D eigenvalue weighted by molar-refractivity contribution is 0.270. The first-order valence-electron chi connectivity index (χ1n) is 5.09. The molecule has 15 heavy (non-hydrogen) atoms. The van der Waals surface area contributed by atoms with Crippen LogP contribution in [0.3, 0.4) is 0 Å². The molecule has 0 amide bonds. The summed E-state index contributed by atoms with van der Waals surface area (Å²) >= 11 is 0. The molecule has 0 aliphatic carbocycles. The molecular weight excluding hydrogens is 192 g/mol. The van der Waals surface area contributed by atoms with Gasteiger partial charge in [0.05, 0.1) is 17.4 Å². The van der Waals surface area contributed by atoms with Gasteiger partial charge >= 0.3 is 5.63 Å². The van der Waals surface area contributed by atoms with Gasteiger partial charge < -0.3 is 10.3 Å². The van der Waals surface area contributed by atoms with Crippen LogP contribution in [0.1, 0.15) is 12.5 Å². The third-order valence-corrected chi connectivity index (χ3v) is 2.48. The van der Waals surface area contributed by atoms with Crippen LogP contribution in [-0.4, -0.2) is 11.3 Å². The first-order chi connectivity index (χ1) is 7.27. The highest BCUT2D eigenvalue weighted by molar-refractivity contribution is 5.81. The molecule has 4 nitrogen and oxygen atoms in total. The Morgan fingerprint density at radius 1 is 1.47 bits per heavy atom. The van der Waals surface area contributed by atoms with Crippen molar-refractivity contribution in [2.45, 2.75) is 19.9 Å². The Morgan fingerprint density at radius 2 is 2.27 bits per heavy atom. The molecule has 0 atom stereocenters.